The van der Waals surface area contributed by atoms with Gasteiger partial charge in [-0.05, 0) is 98.1 Å². The lowest BCUT2D eigenvalue weighted by Crippen LogP contribution is -2.33. The summed E-state index contributed by atoms with van der Waals surface area (Å²) in [4.78, 5) is 2.37. The smallest absolute Gasteiger partial charge is 0.0639 e. The van der Waals surface area contributed by atoms with Gasteiger partial charge in [0.1, 0.15) is 0 Å². The first-order valence-electron chi connectivity index (χ1n) is 14.1. The Balaban J connectivity index is 4.42. The third kappa shape index (κ3) is 22.2. The molecule has 6 unspecified atom stereocenters. The summed E-state index contributed by atoms with van der Waals surface area (Å²) >= 11 is 0. The van der Waals surface area contributed by atoms with Gasteiger partial charge in [0.05, 0.1) is 30.5 Å². The van der Waals surface area contributed by atoms with E-state index < -0.39 is 0 Å². The van der Waals surface area contributed by atoms with Crippen LogP contribution >= 0.6 is 0 Å². The summed E-state index contributed by atoms with van der Waals surface area (Å²) in [5, 5.41) is 48.8. The molecule has 0 saturated carbocycles. The molecule has 0 saturated heterocycles. The van der Waals surface area contributed by atoms with Crippen LogP contribution in [0.25, 0.3) is 0 Å². The summed E-state index contributed by atoms with van der Waals surface area (Å²) in [7, 11) is 0. The Kier molecular flexibility index (Phi) is 20.8. The molecule has 0 rings (SSSR count). The Bertz CT molecular complexity index is 433. The fourth-order valence-electron chi connectivity index (χ4n) is 5.24. The van der Waals surface area contributed by atoms with Gasteiger partial charge in [0.2, 0.25) is 0 Å². The Hall–Kier alpha value is -0.240. The first-order valence-corrected chi connectivity index (χ1v) is 14.1. The van der Waals surface area contributed by atoms with Crippen LogP contribution in [0.1, 0.15) is 118 Å². The van der Waals surface area contributed by atoms with Crippen molar-refractivity contribution in [3.8, 4) is 0 Å². The van der Waals surface area contributed by atoms with Gasteiger partial charge in [0.25, 0.3) is 0 Å². The predicted octanol–water partition coefficient (Wildman–Crippen LogP) is 4.50. The summed E-state index contributed by atoms with van der Waals surface area (Å²) in [6.45, 7) is 11.9. The van der Waals surface area contributed by atoms with E-state index in [4.69, 9.17) is 0 Å². The number of aliphatic hydroxyl groups excluding tert-OH is 5. The van der Waals surface area contributed by atoms with E-state index in [1.165, 1.54) is 0 Å². The molecule has 34 heavy (non-hydrogen) atoms. The molecule has 206 valence electrons. The van der Waals surface area contributed by atoms with Gasteiger partial charge in [-0.15, -0.1) is 0 Å². The maximum atomic E-state index is 9.97. The Morgan fingerprint density at radius 1 is 0.441 bits per heavy atom. The topological polar surface area (TPSA) is 104 Å². The van der Waals surface area contributed by atoms with Gasteiger partial charge in [0, 0.05) is 6.54 Å². The minimum absolute atomic E-state index is 0.217. The largest absolute Gasteiger partial charge is 0.393 e. The molecule has 6 nitrogen and oxygen atoms in total. The standard InChI is InChI=1S/C28H59NO5/c1-22(30)12-7-6-9-16-29(21-26(5)34)17-10-8-13-27(18-23(2)31)14-11-15-28(19-24(3)32)20-25(4)33/h22-28,30-34H,6-21H2,1-5H3. The zero-order valence-corrected chi connectivity index (χ0v) is 23.0. The molecule has 0 heterocycles. The molecular weight excluding hydrogens is 430 g/mol. The molecule has 0 amide bonds. The van der Waals surface area contributed by atoms with Crippen molar-refractivity contribution in [2.45, 2.75) is 149 Å². The van der Waals surface area contributed by atoms with Crippen LogP contribution in [0.2, 0.25) is 0 Å². The van der Waals surface area contributed by atoms with Crippen molar-refractivity contribution >= 4 is 0 Å². The minimum Gasteiger partial charge on any atom is -0.393 e. The lowest BCUT2D eigenvalue weighted by molar-refractivity contribution is 0.112. The van der Waals surface area contributed by atoms with E-state index >= 15 is 0 Å². The molecule has 0 aromatic rings. The summed E-state index contributed by atoms with van der Waals surface area (Å²) < 4.78 is 0. The molecule has 0 fully saturated rings. The minimum atomic E-state index is -0.333. The second-order valence-corrected chi connectivity index (χ2v) is 11.3. The van der Waals surface area contributed by atoms with Crippen molar-refractivity contribution in [1.29, 1.82) is 0 Å². The molecule has 6 atom stereocenters. The average Bonchev–Trinajstić information content (AvgIpc) is 2.68. The molecule has 0 aliphatic rings. The fourth-order valence-corrected chi connectivity index (χ4v) is 5.24. The first kappa shape index (κ1) is 33.8. The van der Waals surface area contributed by atoms with Crippen molar-refractivity contribution in [3.63, 3.8) is 0 Å². The van der Waals surface area contributed by atoms with Crippen LogP contribution in [0.3, 0.4) is 0 Å². The van der Waals surface area contributed by atoms with Crippen molar-refractivity contribution in [2.75, 3.05) is 19.6 Å². The number of nitrogens with zero attached hydrogens (tertiary/aromatic N) is 1. The van der Waals surface area contributed by atoms with Crippen molar-refractivity contribution in [2.24, 2.45) is 11.8 Å². The molecular formula is C28H59NO5. The summed E-state index contributed by atoms with van der Waals surface area (Å²) in [6.07, 6.45) is 11.5. The van der Waals surface area contributed by atoms with Crippen LogP contribution in [0, 0.1) is 11.8 Å². The number of hydrogen-bond donors (Lipinski definition) is 5. The molecule has 0 bridgehead atoms. The summed E-state index contributed by atoms with van der Waals surface area (Å²) in [5.41, 5.74) is 0. The van der Waals surface area contributed by atoms with Crippen molar-refractivity contribution in [1.82, 2.24) is 4.90 Å². The maximum Gasteiger partial charge on any atom is 0.0639 e. The summed E-state index contributed by atoms with van der Waals surface area (Å²) in [5.74, 6) is 0.853. The van der Waals surface area contributed by atoms with Crippen molar-refractivity contribution in [3.05, 3.63) is 0 Å². The van der Waals surface area contributed by atoms with E-state index in [2.05, 4.69) is 4.90 Å². The van der Waals surface area contributed by atoms with E-state index in [1.807, 2.05) is 34.6 Å². The highest BCUT2D eigenvalue weighted by atomic mass is 16.3. The Morgan fingerprint density at radius 2 is 0.882 bits per heavy atom. The third-order valence-corrected chi connectivity index (χ3v) is 6.70. The zero-order valence-electron chi connectivity index (χ0n) is 23.0. The van der Waals surface area contributed by atoms with Crippen LogP contribution in [-0.4, -0.2) is 80.6 Å². The lowest BCUT2D eigenvalue weighted by Gasteiger charge is -2.25. The van der Waals surface area contributed by atoms with Crippen LogP contribution in [0.4, 0.5) is 0 Å². The van der Waals surface area contributed by atoms with Crippen molar-refractivity contribution < 1.29 is 25.5 Å². The van der Waals surface area contributed by atoms with E-state index in [0.29, 0.717) is 18.4 Å². The molecule has 0 aromatic carbocycles. The monoisotopic (exact) mass is 489 g/mol. The normalized spacial score (nSPS) is 18.4. The SMILES string of the molecule is CC(O)CCCCCN(CCCCC(CCCC(CC(C)O)CC(C)O)CC(C)O)CC(C)O. The molecule has 6 heteroatoms. The zero-order chi connectivity index (χ0) is 25.9. The van der Waals surface area contributed by atoms with E-state index in [1.54, 1.807) is 0 Å². The highest BCUT2D eigenvalue weighted by molar-refractivity contribution is 4.70. The second-order valence-electron chi connectivity index (χ2n) is 11.3. The number of unbranched alkanes of at least 4 members (excludes halogenated alkanes) is 3. The van der Waals surface area contributed by atoms with Gasteiger partial charge in [0.15, 0.2) is 0 Å². The van der Waals surface area contributed by atoms with Gasteiger partial charge in [-0.25, -0.2) is 0 Å². The fraction of sp³-hybridized carbons (Fsp3) is 1.00. The van der Waals surface area contributed by atoms with Crippen LogP contribution in [0.15, 0.2) is 0 Å². The quantitative estimate of drug-likeness (QED) is 0.135. The number of hydrogen-bond acceptors (Lipinski definition) is 6. The van der Waals surface area contributed by atoms with Crippen LogP contribution < -0.4 is 0 Å². The highest BCUT2D eigenvalue weighted by Crippen LogP contribution is 2.26. The van der Waals surface area contributed by atoms with Gasteiger partial charge in [-0.3, -0.25) is 0 Å². The Labute approximate surface area is 210 Å². The molecule has 0 spiro atoms. The lowest BCUT2D eigenvalue weighted by atomic mass is 9.86. The van der Waals surface area contributed by atoms with Gasteiger partial charge in [-0.1, -0.05) is 44.9 Å². The molecule has 0 aromatic heterocycles. The van der Waals surface area contributed by atoms with Gasteiger partial charge >= 0.3 is 0 Å². The third-order valence-electron chi connectivity index (χ3n) is 6.70. The second kappa shape index (κ2) is 20.9. The van der Waals surface area contributed by atoms with E-state index in [0.717, 1.165) is 96.6 Å². The molecule has 5 N–H and O–H groups in total. The van der Waals surface area contributed by atoms with E-state index in [9.17, 15) is 25.5 Å². The van der Waals surface area contributed by atoms with Gasteiger partial charge < -0.3 is 30.4 Å². The highest BCUT2D eigenvalue weighted by Gasteiger charge is 2.17. The predicted molar refractivity (Wildman–Crippen MR) is 142 cm³/mol. The van der Waals surface area contributed by atoms with Gasteiger partial charge in [-0.2, -0.15) is 0 Å². The van der Waals surface area contributed by atoms with Crippen LogP contribution in [-0.2, 0) is 0 Å². The maximum absolute atomic E-state index is 9.97. The molecule has 0 aliphatic carbocycles. The summed E-state index contributed by atoms with van der Waals surface area (Å²) in [6, 6.07) is 0. The first-order chi connectivity index (χ1) is 16.0. The average molecular weight is 490 g/mol. The number of aliphatic hydroxyl groups is 5. The van der Waals surface area contributed by atoms with E-state index in [-0.39, 0.29) is 30.5 Å². The molecule has 0 radical (unpaired) electrons. The van der Waals surface area contributed by atoms with Crippen LogP contribution in [0.5, 0.6) is 0 Å². The number of rotatable bonds is 23. The molecule has 0 aliphatic heterocycles. The Morgan fingerprint density at radius 3 is 1.38 bits per heavy atom.